The van der Waals surface area contributed by atoms with Crippen LogP contribution in [0.4, 0.5) is 0 Å². The number of hydrogen-bond acceptors (Lipinski definition) is 6. The fraction of sp³-hybridized carbons (Fsp3) is 0.235. The quantitative estimate of drug-likeness (QED) is 0.171. The zero-order valence-corrected chi connectivity index (χ0v) is 25.7. The Balaban J connectivity index is 1.30. The summed E-state index contributed by atoms with van der Waals surface area (Å²) in [5.41, 5.74) is 6.83. The molecule has 10 heteroatoms. The van der Waals surface area contributed by atoms with Gasteiger partial charge in [0.1, 0.15) is 5.75 Å². The Kier molecular flexibility index (Phi) is 9.21. The molecule has 2 N–H and O–H groups in total. The minimum Gasteiger partial charge on any atom is -0.497 e. The lowest BCUT2D eigenvalue weighted by molar-refractivity contribution is 0.0951. The van der Waals surface area contributed by atoms with Crippen LogP contribution in [-0.4, -0.2) is 37.9 Å². The molecule has 1 amide bonds. The van der Waals surface area contributed by atoms with Crippen molar-refractivity contribution in [2.75, 3.05) is 7.11 Å². The molecule has 0 aliphatic heterocycles. The zero-order chi connectivity index (χ0) is 30.5. The highest BCUT2D eigenvalue weighted by Crippen LogP contribution is 2.41. The number of imidazole rings is 1. The number of rotatable bonds is 10. The van der Waals surface area contributed by atoms with Gasteiger partial charge in [-0.05, 0) is 59.7 Å². The summed E-state index contributed by atoms with van der Waals surface area (Å²) in [5.74, 6) is 0.455. The van der Waals surface area contributed by atoms with E-state index in [9.17, 15) is 4.79 Å². The molecule has 0 radical (unpaired) electrons. The van der Waals surface area contributed by atoms with Crippen LogP contribution in [0.15, 0.2) is 91.8 Å². The number of nitrogens with one attached hydrogen (secondary N) is 2. The first-order valence-electron chi connectivity index (χ1n) is 14.5. The molecular weight excluding hydrogens is 595 g/mol. The molecule has 1 aliphatic rings. The maximum atomic E-state index is 12.8. The van der Waals surface area contributed by atoms with Gasteiger partial charge in [0.25, 0.3) is 5.91 Å². The van der Waals surface area contributed by atoms with E-state index in [1.165, 1.54) is 18.0 Å². The third-order valence-corrected chi connectivity index (χ3v) is 8.62. The Bertz CT molecular complexity index is 1710. The van der Waals surface area contributed by atoms with Gasteiger partial charge < -0.3 is 15.0 Å². The van der Waals surface area contributed by atoms with Gasteiger partial charge in [0, 0.05) is 37.9 Å². The van der Waals surface area contributed by atoms with Crippen molar-refractivity contribution in [3.8, 4) is 5.75 Å². The van der Waals surface area contributed by atoms with Crippen LogP contribution in [0.3, 0.4) is 0 Å². The second-order valence-electron chi connectivity index (χ2n) is 10.8. The number of pyridine rings is 2. The van der Waals surface area contributed by atoms with Crippen molar-refractivity contribution in [1.29, 1.82) is 0 Å². The molecular formula is C34H32Cl2N6O2. The first-order chi connectivity index (χ1) is 21.5. The van der Waals surface area contributed by atoms with E-state index in [4.69, 9.17) is 32.9 Å². The van der Waals surface area contributed by atoms with Gasteiger partial charge in [-0.2, -0.15) is 0 Å². The third-order valence-electron chi connectivity index (χ3n) is 8.04. The van der Waals surface area contributed by atoms with E-state index < -0.39 is 0 Å². The number of aromatic nitrogens is 4. The van der Waals surface area contributed by atoms with Gasteiger partial charge in [0.2, 0.25) is 0 Å². The highest BCUT2D eigenvalue weighted by molar-refractivity contribution is 6.39. The Labute approximate surface area is 266 Å². The summed E-state index contributed by atoms with van der Waals surface area (Å²) in [4.78, 5) is 31.9. The first-order valence-corrected chi connectivity index (χ1v) is 15.2. The Hall–Kier alpha value is -4.24. The number of methoxy groups -OCH3 is 1. The fourth-order valence-corrected chi connectivity index (χ4v) is 6.48. The number of hydrogen-bond donors (Lipinski definition) is 2. The van der Waals surface area contributed by atoms with Gasteiger partial charge in [0.05, 0.1) is 52.5 Å². The molecule has 2 atom stereocenters. The molecule has 1 aliphatic carbocycles. The van der Waals surface area contributed by atoms with Gasteiger partial charge >= 0.3 is 0 Å². The molecule has 8 nitrogen and oxygen atoms in total. The van der Waals surface area contributed by atoms with Crippen molar-refractivity contribution in [1.82, 2.24) is 30.2 Å². The molecule has 3 aromatic heterocycles. The summed E-state index contributed by atoms with van der Waals surface area (Å²) in [6, 6.07) is 20.7. The third kappa shape index (κ3) is 6.48. The van der Waals surface area contributed by atoms with E-state index >= 15 is 0 Å². The van der Waals surface area contributed by atoms with Crippen LogP contribution in [0.2, 0.25) is 10.0 Å². The molecule has 5 aromatic rings. The van der Waals surface area contributed by atoms with E-state index in [2.05, 4.69) is 55.5 Å². The maximum Gasteiger partial charge on any atom is 0.254 e. The molecule has 0 saturated heterocycles. The minimum absolute atomic E-state index is 0.0910. The SMILES string of the molecule is COc1cccc(C(c2cnc[nH]2)N(Cc2ccc(CNC(=O)c3c(Cl)cncc3Cl)cc2)C2CCCc3cccnc32)c1. The summed E-state index contributed by atoms with van der Waals surface area (Å²) in [7, 11) is 1.69. The molecule has 3 heterocycles. The molecule has 6 rings (SSSR count). The zero-order valence-electron chi connectivity index (χ0n) is 24.2. The van der Waals surface area contributed by atoms with Gasteiger partial charge in [-0.3, -0.25) is 19.7 Å². The standard InChI is InChI=1S/C34H32Cl2N6O2/c1-44-26-8-2-6-25(15-26)33(29-19-38-21-41-29)42(30-9-3-5-24-7-4-14-39-32(24)30)20-23-12-10-22(11-13-23)16-40-34(43)31-27(35)17-37-18-28(31)36/h2,4,6-8,10-15,17-19,21,30,33H,3,5,9,16,20H2,1H3,(H,38,41)(H,40,43). The Morgan fingerprint density at radius 1 is 1.05 bits per heavy atom. The van der Waals surface area contributed by atoms with E-state index in [1.807, 2.05) is 42.7 Å². The predicted molar refractivity (Wildman–Crippen MR) is 171 cm³/mol. The number of halogens is 2. The lowest BCUT2D eigenvalue weighted by Gasteiger charge is -2.40. The van der Waals surface area contributed by atoms with Crippen molar-refractivity contribution in [2.45, 2.75) is 44.4 Å². The van der Waals surface area contributed by atoms with Crippen molar-refractivity contribution >= 4 is 29.1 Å². The van der Waals surface area contributed by atoms with Gasteiger partial charge in [-0.1, -0.05) is 65.7 Å². The largest absolute Gasteiger partial charge is 0.497 e. The lowest BCUT2D eigenvalue weighted by atomic mass is 9.88. The van der Waals surface area contributed by atoms with Gasteiger partial charge in [-0.15, -0.1) is 0 Å². The monoisotopic (exact) mass is 626 g/mol. The summed E-state index contributed by atoms with van der Waals surface area (Å²) in [5, 5.41) is 3.34. The lowest BCUT2D eigenvalue weighted by Crippen LogP contribution is -2.36. The number of aryl methyl sites for hydroxylation is 1. The first kappa shape index (κ1) is 29.8. The number of benzene rings is 2. The van der Waals surface area contributed by atoms with Crippen LogP contribution >= 0.6 is 23.2 Å². The van der Waals surface area contributed by atoms with Gasteiger partial charge in [-0.25, -0.2) is 4.98 Å². The number of nitrogens with zero attached hydrogens (tertiary/aromatic N) is 4. The van der Waals surface area contributed by atoms with Crippen LogP contribution in [-0.2, 0) is 19.5 Å². The van der Waals surface area contributed by atoms with E-state index in [-0.39, 0.29) is 33.6 Å². The summed E-state index contributed by atoms with van der Waals surface area (Å²) < 4.78 is 5.61. The topological polar surface area (TPSA) is 96.0 Å². The molecule has 0 bridgehead atoms. The Morgan fingerprint density at radius 3 is 2.59 bits per heavy atom. The normalized spacial score (nSPS) is 15.0. The number of amides is 1. The van der Waals surface area contributed by atoms with Crippen molar-refractivity contribution < 1.29 is 9.53 Å². The highest BCUT2D eigenvalue weighted by Gasteiger charge is 2.34. The van der Waals surface area contributed by atoms with Crippen molar-refractivity contribution in [2.24, 2.45) is 0 Å². The van der Waals surface area contributed by atoms with Crippen LogP contribution in [0.25, 0.3) is 0 Å². The van der Waals surface area contributed by atoms with E-state index in [0.717, 1.165) is 53.1 Å². The Morgan fingerprint density at radius 2 is 1.84 bits per heavy atom. The molecule has 224 valence electrons. The number of ether oxygens (including phenoxy) is 1. The second kappa shape index (κ2) is 13.6. The van der Waals surface area contributed by atoms with E-state index in [1.54, 1.807) is 13.4 Å². The molecule has 44 heavy (non-hydrogen) atoms. The van der Waals surface area contributed by atoms with Crippen LogP contribution in [0.5, 0.6) is 5.75 Å². The van der Waals surface area contributed by atoms with Crippen LogP contribution in [0, 0.1) is 0 Å². The second-order valence-corrected chi connectivity index (χ2v) is 11.6. The van der Waals surface area contributed by atoms with Crippen LogP contribution < -0.4 is 10.1 Å². The minimum atomic E-state index is -0.346. The number of fused-ring (bicyclic) bond motifs is 1. The number of aromatic amines is 1. The predicted octanol–water partition coefficient (Wildman–Crippen LogP) is 7.11. The van der Waals surface area contributed by atoms with Crippen molar-refractivity contribution in [3.05, 3.63) is 141 Å². The van der Waals surface area contributed by atoms with Crippen LogP contribution in [0.1, 0.15) is 68.9 Å². The fourth-order valence-electron chi connectivity index (χ4n) is 5.94. The average molecular weight is 628 g/mol. The van der Waals surface area contributed by atoms with Gasteiger partial charge in [0.15, 0.2) is 0 Å². The average Bonchev–Trinajstić information content (AvgIpc) is 3.58. The number of carbonyl (C=O) groups excluding carboxylic acids is 1. The summed E-state index contributed by atoms with van der Waals surface area (Å²) in [6.07, 6.45) is 11.4. The highest BCUT2D eigenvalue weighted by atomic mass is 35.5. The number of carbonyl (C=O) groups is 1. The number of H-pyrrole nitrogens is 1. The molecule has 0 fully saturated rings. The molecule has 2 aromatic carbocycles. The van der Waals surface area contributed by atoms with E-state index in [0.29, 0.717) is 13.1 Å². The molecule has 0 saturated carbocycles. The van der Waals surface area contributed by atoms with Crippen molar-refractivity contribution in [3.63, 3.8) is 0 Å². The molecule has 2 unspecified atom stereocenters. The summed E-state index contributed by atoms with van der Waals surface area (Å²) in [6.45, 7) is 0.995. The molecule has 0 spiro atoms. The smallest absolute Gasteiger partial charge is 0.254 e. The maximum absolute atomic E-state index is 12.8. The summed E-state index contributed by atoms with van der Waals surface area (Å²) >= 11 is 12.3.